The summed E-state index contributed by atoms with van der Waals surface area (Å²) in [5.74, 6) is 0. The number of ether oxygens (including phenoxy) is 1. The van der Waals surface area contributed by atoms with Crippen LogP contribution in [0.15, 0.2) is 9.85 Å². The Morgan fingerprint density at radius 1 is 1.62 bits per heavy atom. The summed E-state index contributed by atoms with van der Waals surface area (Å²) in [6.07, 6.45) is -0.439. The van der Waals surface area contributed by atoms with Crippen LogP contribution in [0, 0.1) is 0 Å². The molecular weight excluding hydrogens is 314 g/mol. The average Bonchev–Trinajstić information content (AvgIpc) is 2.38. The van der Waals surface area contributed by atoms with E-state index >= 15 is 0 Å². The lowest BCUT2D eigenvalue weighted by Gasteiger charge is -2.19. The zero-order valence-electron chi connectivity index (χ0n) is 9.27. The van der Waals surface area contributed by atoms with Crippen LogP contribution in [0.1, 0.15) is 26.3 Å². The molecule has 0 bridgehead atoms. The molecule has 16 heavy (non-hydrogen) atoms. The first-order valence-electron chi connectivity index (χ1n) is 4.68. The van der Waals surface area contributed by atoms with Gasteiger partial charge in [0.2, 0.25) is 0 Å². The summed E-state index contributed by atoms with van der Waals surface area (Å²) in [5, 5.41) is 2.65. The van der Waals surface area contributed by atoms with Crippen LogP contribution in [-0.4, -0.2) is 11.7 Å². The highest BCUT2D eigenvalue weighted by Gasteiger charge is 2.16. The molecule has 1 heterocycles. The molecule has 0 fully saturated rings. The Labute approximate surface area is 112 Å². The monoisotopic (exact) mass is 325 g/mol. The standard InChI is InChI=1S/C10H13BrClNO2S/c1-10(2,3)15-9(14)13-5-6-4-7(11)16-8(6)12/h4H,5H2,1-3H3,(H,13,14). The van der Waals surface area contributed by atoms with E-state index in [2.05, 4.69) is 21.2 Å². The van der Waals surface area contributed by atoms with E-state index in [9.17, 15) is 4.79 Å². The molecule has 0 aromatic carbocycles. The van der Waals surface area contributed by atoms with Crippen molar-refractivity contribution in [1.82, 2.24) is 5.32 Å². The molecular formula is C10H13BrClNO2S. The van der Waals surface area contributed by atoms with Gasteiger partial charge >= 0.3 is 6.09 Å². The minimum absolute atomic E-state index is 0.371. The van der Waals surface area contributed by atoms with Crippen LogP contribution >= 0.6 is 38.9 Å². The molecule has 0 unspecified atom stereocenters. The quantitative estimate of drug-likeness (QED) is 0.885. The van der Waals surface area contributed by atoms with Crippen LogP contribution < -0.4 is 5.32 Å². The van der Waals surface area contributed by atoms with E-state index in [1.54, 1.807) is 0 Å². The molecule has 0 saturated heterocycles. The first-order chi connectivity index (χ1) is 7.28. The van der Waals surface area contributed by atoms with Gasteiger partial charge in [-0.15, -0.1) is 11.3 Å². The summed E-state index contributed by atoms with van der Waals surface area (Å²) < 4.78 is 6.72. The van der Waals surface area contributed by atoms with E-state index in [4.69, 9.17) is 16.3 Å². The van der Waals surface area contributed by atoms with E-state index < -0.39 is 11.7 Å². The molecule has 1 rings (SSSR count). The predicted molar refractivity (Wildman–Crippen MR) is 70.1 cm³/mol. The van der Waals surface area contributed by atoms with Gasteiger partial charge in [-0.2, -0.15) is 0 Å². The van der Waals surface area contributed by atoms with Crippen LogP contribution in [-0.2, 0) is 11.3 Å². The Balaban J connectivity index is 2.46. The maximum absolute atomic E-state index is 11.4. The fourth-order valence-corrected chi connectivity index (χ4v) is 3.02. The van der Waals surface area contributed by atoms with Crippen molar-refractivity contribution < 1.29 is 9.53 Å². The Hall–Kier alpha value is -0.260. The Bertz CT molecular complexity index is 387. The van der Waals surface area contributed by atoms with E-state index in [1.807, 2.05) is 26.8 Å². The number of thiophene rings is 1. The first-order valence-corrected chi connectivity index (χ1v) is 6.67. The number of alkyl carbamates (subject to hydrolysis) is 1. The van der Waals surface area contributed by atoms with E-state index in [0.717, 1.165) is 9.35 Å². The molecule has 0 atom stereocenters. The van der Waals surface area contributed by atoms with Crippen LogP contribution in [0.5, 0.6) is 0 Å². The van der Waals surface area contributed by atoms with Gasteiger partial charge in [-0.3, -0.25) is 0 Å². The second-order valence-electron chi connectivity index (χ2n) is 4.20. The van der Waals surface area contributed by atoms with Crippen molar-refractivity contribution in [1.29, 1.82) is 0 Å². The Kier molecular flexibility index (Phi) is 4.64. The summed E-state index contributed by atoms with van der Waals surface area (Å²) >= 11 is 10.7. The number of carbonyl (C=O) groups excluding carboxylic acids is 1. The molecule has 0 aliphatic heterocycles. The molecule has 1 aromatic heterocycles. The van der Waals surface area contributed by atoms with Crippen molar-refractivity contribution in [3.63, 3.8) is 0 Å². The molecule has 6 heteroatoms. The molecule has 1 aromatic rings. The summed E-state index contributed by atoms with van der Waals surface area (Å²) in [6.45, 7) is 5.83. The van der Waals surface area contributed by atoms with Crippen molar-refractivity contribution in [2.45, 2.75) is 32.9 Å². The van der Waals surface area contributed by atoms with E-state index in [1.165, 1.54) is 11.3 Å². The molecule has 0 saturated carbocycles. The number of halogens is 2. The van der Waals surface area contributed by atoms with Gasteiger partial charge in [0.15, 0.2) is 0 Å². The fourth-order valence-electron chi connectivity index (χ4n) is 0.976. The molecule has 0 aliphatic rings. The van der Waals surface area contributed by atoms with Crippen LogP contribution in [0.3, 0.4) is 0 Å². The summed E-state index contributed by atoms with van der Waals surface area (Å²) in [7, 11) is 0. The second-order valence-corrected chi connectivity index (χ2v) is 7.24. The third kappa shape index (κ3) is 4.72. The zero-order valence-corrected chi connectivity index (χ0v) is 12.4. The van der Waals surface area contributed by atoms with Gasteiger partial charge in [0.05, 0.1) is 8.12 Å². The molecule has 1 amide bonds. The van der Waals surface area contributed by atoms with Gasteiger partial charge in [-0.25, -0.2) is 4.79 Å². The van der Waals surface area contributed by atoms with Gasteiger partial charge in [-0.1, -0.05) is 11.6 Å². The number of amides is 1. The largest absolute Gasteiger partial charge is 0.444 e. The summed E-state index contributed by atoms with van der Waals surface area (Å²) in [4.78, 5) is 11.4. The van der Waals surface area contributed by atoms with Crippen LogP contribution in [0.2, 0.25) is 4.34 Å². The van der Waals surface area contributed by atoms with E-state index in [0.29, 0.717) is 10.9 Å². The normalized spacial score (nSPS) is 11.3. The maximum Gasteiger partial charge on any atom is 0.407 e. The molecule has 1 N–H and O–H groups in total. The number of hydrogen-bond acceptors (Lipinski definition) is 3. The molecule has 0 aliphatic carbocycles. The zero-order chi connectivity index (χ0) is 12.3. The lowest BCUT2D eigenvalue weighted by Crippen LogP contribution is -2.32. The SMILES string of the molecule is CC(C)(C)OC(=O)NCc1cc(Br)sc1Cl. The lowest BCUT2D eigenvalue weighted by molar-refractivity contribution is 0.0523. The Morgan fingerprint density at radius 3 is 2.69 bits per heavy atom. The van der Waals surface area contributed by atoms with E-state index in [-0.39, 0.29) is 0 Å². The molecule has 90 valence electrons. The Morgan fingerprint density at radius 2 is 2.25 bits per heavy atom. The lowest BCUT2D eigenvalue weighted by atomic mass is 10.2. The average molecular weight is 327 g/mol. The van der Waals surface area contributed by atoms with Gasteiger partial charge < -0.3 is 10.1 Å². The molecule has 0 spiro atoms. The number of hydrogen-bond donors (Lipinski definition) is 1. The summed E-state index contributed by atoms with van der Waals surface area (Å²) in [6, 6.07) is 1.88. The van der Waals surface area contributed by atoms with Crippen LogP contribution in [0.25, 0.3) is 0 Å². The first kappa shape index (κ1) is 13.8. The minimum Gasteiger partial charge on any atom is -0.444 e. The topological polar surface area (TPSA) is 38.3 Å². The van der Waals surface area contributed by atoms with Gasteiger partial charge in [0.25, 0.3) is 0 Å². The van der Waals surface area contributed by atoms with Crippen molar-refractivity contribution >= 4 is 45.0 Å². The summed E-state index contributed by atoms with van der Waals surface area (Å²) in [5.41, 5.74) is 0.396. The third-order valence-electron chi connectivity index (χ3n) is 1.55. The van der Waals surface area contributed by atoms with Crippen molar-refractivity contribution in [3.05, 3.63) is 19.8 Å². The van der Waals surface area contributed by atoms with Gasteiger partial charge in [0, 0.05) is 12.1 Å². The highest BCUT2D eigenvalue weighted by atomic mass is 79.9. The maximum atomic E-state index is 11.4. The fraction of sp³-hybridized carbons (Fsp3) is 0.500. The third-order valence-corrected chi connectivity index (χ3v) is 3.49. The molecule has 3 nitrogen and oxygen atoms in total. The van der Waals surface area contributed by atoms with Crippen molar-refractivity contribution in [2.24, 2.45) is 0 Å². The second kappa shape index (κ2) is 5.38. The van der Waals surface area contributed by atoms with Crippen LogP contribution in [0.4, 0.5) is 4.79 Å². The predicted octanol–water partition coefficient (Wildman–Crippen LogP) is 4.19. The number of rotatable bonds is 2. The van der Waals surface area contributed by atoms with Crippen molar-refractivity contribution in [3.8, 4) is 0 Å². The minimum atomic E-state index is -0.483. The van der Waals surface area contributed by atoms with Crippen molar-refractivity contribution in [2.75, 3.05) is 0 Å². The highest BCUT2D eigenvalue weighted by molar-refractivity contribution is 9.11. The number of carbonyl (C=O) groups is 1. The van der Waals surface area contributed by atoms with Gasteiger partial charge in [0.1, 0.15) is 5.60 Å². The molecule has 0 radical (unpaired) electrons. The highest BCUT2D eigenvalue weighted by Crippen LogP contribution is 2.31. The van der Waals surface area contributed by atoms with Gasteiger partial charge in [-0.05, 0) is 42.8 Å². The number of nitrogens with one attached hydrogen (secondary N) is 1. The smallest absolute Gasteiger partial charge is 0.407 e.